The fraction of sp³-hybridized carbons (Fsp3) is 0.828. The first-order valence-corrected chi connectivity index (χ1v) is 14.2. The van der Waals surface area contributed by atoms with E-state index in [-0.39, 0.29) is 30.8 Å². The first kappa shape index (κ1) is 32.8. The molecule has 3 aliphatic heterocycles. The number of nitrogens with one attached hydrogen (secondary N) is 1. The third kappa shape index (κ3) is 5.92. The molecule has 2 saturated heterocycles. The Balaban J connectivity index is 2.16. The highest BCUT2D eigenvalue weighted by atomic mass is 16.8. The minimum Gasteiger partial charge on any atom is -0.458 e. The summed E-state index contributed by atoms with van der Waals surface area (Å²) in [6.07, 6.45) is -1.20. The smallest absolute Gasteiger partial charge is 0.316 e. The van der Waals surface area contributed by atoms with Gasteiger partial charge in [-0.2, -0.15) is 0 Å². The molecule has 11 atom stereocenters. The fourth-order valence-electron chi connectivity index (χ4n) is 6.49. The Morgan fingerprint density at radius 2 is 1.77 bits per heavy atom. The van der Waals surface area contributed by atoms with Crippen molar-refractivity contribution in [2.24, 2.45) is 17.8 Å². The van der Waals surface area contributed by atoms with E-state index in [4.69, 9.17) is 18.9 Å². The standard InChI is InChI=1S/C29H48N2O9/c1-11-21-27(7,36)13-15(2)22(32)16(3)14-28(37-10)25(18(5)23(33)19(6)26(35)38-21)40-29(30-28)24(34)20(31(8)9)12-17(4)39-29/h13,16-21,24-25,30,34,36H,11-12,14H2,1-10H3/b15-13+/t16-,17-,18+,19-,20+,21?,24-,25-,27+,28-,29-/m1/s1. The second kappa shape index (κ2) is 11.9. The van der Waals surface area contributed by atoms with Gasteiger partial charge >= 0.3 is 5.97 Å². The number of aliphatic hydroxyl groups excluding tert-OH is 1. The van der Waals surface area contributed by atoms with Crippen LogP contribution in [0.3, 0.4) is 0 Å². The average molecular weight is 569 g/mol. The zero-order chi connectivity index (χ0) is 30.4. The lowest BCUT2D eigenvalue weighted by Gasteiger charge is -2.47. The van der Waals surface area contributed by atoms with E-state index in [9.17, 15) is 24.6 Å². The number of hydrogen-bond acceptors (Lipinski definition) is 11. The van der Waals surface area contributed by atoms with Crippen LogP contribution >= 0.6 is 0 Å². The summed E-state index contributed by atoms with van der Waals surface area (Å²) in [5, 5.41) is 26.0. The number of cyclic esters (lactones) is 1. The van der Waals surface area contributed by atoms with Crippen molar-refractivity contribution in [3.05, 3.63) is 11.6 Å². The number of ketones is 2. The SMILES string of the molecule is CCC1OC(=O)[C@H](C)C(=O)[C@H](C)[C@H]2O[C@]3(N[C@@]2(OC)C[C@@H](C)C(=O)/C(C)=C/[C@]1(C)O)O[C@H](C)C[C@H](N(C)C)[C@H]3O. The number of ether oxygens (including phenoxy) is 4. The van der Waals surface area contributed by atoms with Gasteiger partial charge in [0.1, 0.15) is 29.8 Å². The van der Waals surface area contributed by atoms with Gasteiger partial charge in [-0.3, -0.25) is 14.4 Å². The molecule has 0 amide bonds. The van der Waals surface area contributed by atoms with Crippen LogP contribution < -0.4 is 5.32 Å². The molecule has 1 spiro atoms. The molecule has 0 aromatic rings. The lowest BCUT2D eigenvalue weighted by Crippen LogP contribution is -2.68. The predicted molar refractivity (Wildman–Crippen MR) is 146 cm³/mol. The van der Waals surface area contributed by atoms with E-state index in [2.05, 4.69) is 5.32 Å². The van der Waals surface area contributed by atoms with E-state index in [0.29, 0.717) is 12.0 Å². The Bertz CT molecular complexity index is 1010. The Kier molecular flexibility index (Phi) is 9.73. The van der Waals surface area contributed by atoms with Crippen molar-refractivity contribution >= 4 is 17.5 Å². The largest absolute Gasteiger partial charge is 0.458 e. The highest BCUT2D eigenvalue weighted by molar-refractivity contribution is 6.00. The molecule has 3 N–H and O–H groups in total. The minimum atomic E-state index is -1.73. The molecule has 2 fully saturated rings. The Morgan fingerprint density at radius 1 is 1.15 bits per heavy atom. The number of nitrogens with zero attached hydrogens (tertiary/aromatic N) is 1. The third-order valence-corrected chi connectivity index (χ3v) is 8.80. The summed E-state index contributed by atoms with van der Waals surface area (Å²) in [6, 6.07) is -0.337. The summed E-state index contributed by atoms with van der Waals surface area (Å²) < 4.78 is 24.4. The molecule has 3 heterocycles. The first-order valence-electron chi connectivity index (χ1n) is 14.2. The zero-order valence-electron chi connectivity index (χ0n) is 25.5. The van der Waals surface area contributed by atoms with E-state index < -0.39 is 65.1 Å². The van der Waals surface area contributed by atoms with E-state index in [0.717, 1.165) is 0 Å². The lowest BCUT2D eigenvalue weighted by molar-refractivity contribution is -0.333. The summed E-state index contributed by atoms with van der Waals surface area (Å²) in [7, 11) is 5.15. The van der Waals surface area contributed by atoms with Gasteiger partial charge in [-0.05, 0) is 66.3 Å². The molecule has 1 unspecified atom stereocenters. The monoisotopic (exact) mass is 568 g/mol. The van der Waals surface area contributed by atoms with Gasteiger partial charge in [-0.1, -0.05) is 20.8 Å². The number of fused-ring (bicyclic) bond motifs is 1. The first-order chi connectivity index (χ1) is 18.4. The number of esters is 1. The number of rotatable bonds is 3. The summed E-state index contributed by atoms with van der Waals surface area (Å²) >= 11 is 0. The van der Waals surface area contributed by atoms with Crippen LogP contribution in [0.5, 0.6) is 0 Å². The van der Waals surface area contributed by atoms with Crippen LogP contribution in [-0.2, 0) is 33.3 Å². The van der Waals surface area contributed by atoms with Crippen LogP contribution in [0.25, 0.3) is 0 Å². The van der Waals surface area contributed by atoms with E-state index in [1.165, 1.54) is 27.0 Å². The highest BCUT2D eigenvalue weighted by Gasteiger charge is 2.66. The van der Waals surface area contributed by atoms with Crippen molar-refractivity contribution in [3.63, 3.8) is 0 Å². The average Bonchev–Trinajstić information content (AvgIpc) is 3.20. The maximum absolute atomic E-state index is 13.8. The zero-order valence-corrected chi connectivity index (χ0v) is 25.5. The van der Waals surface area contributed by atoms with Crippen LogP contribution in [0.2, 0.25) is 0 Å². The molecule has 0 bridgehead atoms. The number of carbonyl (C=O) groups excluding carboxylic acids is 3. The number of aliphatic hydroxyl groups is 2. The van der Waals surface area contributed by atoms with Gasteiger partial charge in [0.25, 0.3) is 5.91 Å². The van der Waals surface area contributed by atoms with E-state index in [1.807, 2.05) is 25.9 Å². The summed E-state index contributed by atoms with van der Waals surface area (Å²) in [5.41, 5.74) is -2.78. The van der Waals surface area contributed by atoms with Crippen molar-refractivity contribution in [2.45, 2.75) is 115 Å². The molecule has 0 aromatic carbocycles. The maximum Gasteiger partial charge on any atom is 0.316 e. The van der Waals surface area contributed by atoms with Crippen molar-refractivity contribution in [3.8, 4) is 0 Å². The number of hydrogen-bond donors (Lipinski definition) is 3. The van der Waals surface area contributed by atoms with Gasteiger partial charge < -0.3 is 34.1 Å². The number of methoxy groups -OCH3 is 1. The van der Waals surface area contributed by atoms with Gasteiger partial charge in [0, 0.05) is 31.4 Å². The molecular formula is C29H48N2O9. The molecule has 0 saturated carbocycles. The van der Waals surface area contributed by atoms with E-state index >= 15 is 0 Å². The molecule has 0 radical (unpaired) electrons. The minimum absolute atomic E-state index is 0.0623. The van der Waals surface area contributed by atoms with E-state index in [1.54, 1.807) is 27.7 Å². The van der Waals surface area contributed by atoms with Crippen molar-refractivity contribution < 1.29 is 43.5 Å². The molecule has 228 valence electrons. The molecule has 3 rings (SSSR count). The molecule has 0 aliphatic carbocycles. The molecule has 0 aromatic heterocycles. The topological polar surface area (TPSA) is 144 Å². The Morgan fingerprint density at radius 3 is 2.33 bits per heavy atom. The quantitative estimate of drug-likeness (QED) is 0.337. The number of likely N-dealkylation sites (N-methyl/N-ethyl adjacent to an activating group) is 1. The Hall–Kier alpha value is -1.73. The molecule has 11 nitrogen and oxygen atoms in total. The second-order valence-electron chi connectivity index (χ2n) is 12.3. The van der Waals surface area contributed by atoms with Crippen molar-refractivity contribution in [1.82, 2.24) is 10.2 Å². The van der Waals surface area contributed by atoms with Crippen molar-refractivity contribution in [2.75, 3.05) is 21.2 Å². The lowest BCUT2D eigenvalue weighted by atomic mass is 9.80. The highest BCUT2D eigenvalue weighted by Crippen LogP contribution is 2.45. The molecular weight excluding hydrogens is 520 g/mol. The summed E-state index contributed by atoms with van der Waals surface area (Å²) in [6.45, 7) is 11.5. The number of Topliss-reactive ketones (excluding diaryl/α,β-unsaturated/α-hetero) is 2. The number of allylic oxidation sites excluding steroid dienone is 1. The van der Waals surface area contributed by atoms with Crippen LogP contribution in [0, 0.1) is 17.8 Å². The molecule has 3 aliphatic rings. The summed E-state index contributed by atoms with van der Waals surface area (Å²) in [4.78, 5) is 42.4. The fourth-order valence-corrected chi connectivity index (χ4v) is 6.49. The van der Waals surface area contributed by atoms with Crippen LogP contribution in [0.4, 0.5) is 0 Å². The van der Waals surface area contributed by atoms with Gasteiger partial charge in [-0.25, -0.2) is 5.32 Å². The number of carbonyl (C=O) groups is 3. The summed E-state index contributed by atoms with van der Waals surface area (Å²) in [5.74, 6) is -5.98. The Labute approximate surface area is 237 Å². The predicted octanol–water partition coefficient (Wildman–Crippen LogP) is 1.54. The molecule has 11 heteroatoms. The van der Waals surface area contributed by atoms with Crippen LogP contribution in [0.1, 0.15) is 67.7 Å². The van der Waals surface area contributed by atoms with Gasteiger partial charge in [-0.15, -0.1) is 0 Å². The van der Waals surface area contributed by atoms with Crippen LogP contribution in [-0.4, -0.2) is 102 Å². The molecule has 40 heavy (non-hydrogen) atoms. The van der Waals surface area contributed by atoms with Gasteiger partial charge in [0.2, 0.25) is 0 Å². The maximum atomic E-state index is 13.8. The van der Waals surface area contributed by atoms with Gasteiger partial charge in [0.05, 0.1) is 6.10 Å². The van der Waals surface area contributed by atoms with Crippen molar-refractivity contribution in [1.29, 1.82) is 0 Å². The van der Waals surface area contributed by atoms with Gasteiger partial charge in [0.15, 0.2) is 17.3 Å². The van der Waals surface area contributed by atoms with Crippen LogP contribution in [0.15, 0.2) is 11.6 Å². The second-order valence-corrected chi connectivity index (χ2v) is 12.3. The third-order valence-electron chi connectivity index (χ3n) is 8.80. The normalized spacial score (nSPS) is 47.0.